The van der Waals surface area contributed by atoms with Crippen molar-refractivity contribution in [1.82, 2.24) is 9.97 Å². The van der Waals surface area contributed by atoms with Gasteiger partial charge in [-0.3, -0.25) is 4.98 Å². The number of pyridine rings is 1. The Morgan fingerprint density at radius 3 is 2.94 bits per heavy atom. The highest BCUT2D eigenvalue weighted by Gasteiger charge is 2.14. The molecule has 0 aliphatic carbocycles. The fourth-order valence-corrected chi connectivity index (χ4v) is 2.32. The van der Waals surface area contributed by atoms with Crippen LogP contribution in [-0.2, 0) is 0 Å². The smallest absolute Gasteiger partial charge is 0.101 e. The standard InChI is InChI=1S/C15H14N2O/c1-2-5-13(18)15-14-11(8-9-16-15)10-6-3-4-7-12(10)17-14/h2-4,6-9,13,17-18H,1,5H2. The van der Waals surface area contributed by atoms with Crippen LogP contribution < -0.4 is 0 Å². The van der Waals surface area contributed by atoms with Crippen molar-refractivity contribution < 1.29 is 5.11 Å². The van der Waals surface area contributed by atoms with Crippen molar-refractivity contribution in [2.24, 2.45) is 0 Å². The number of nitrogens with zero attached hydrogens (tertiary/aromatic N) is 1. The molecule has 2 N–H and O–H groups in total. The van der Waals surface area contributed by atoms with Crippen molar-refractivity contribution in [3.8, 4) is 0 Å². The molecule has 0 aliphatic heterocycles. The minimum atomic E-state index is -0.612. The Kier molecular flexibility index (Phi) is 2.61. The normalized spacial score (nSPS) is 12.9. The molecule has 0 saturated heterocycles. The lowest BCUT2D eigenvalue weighted by Gasteiger charge is -2.08. The monoisotopic (exact) mass is 238 g/mol. The third kappa shape index (κ3) is 1.60. The van der Waals surface area contributed by atoms with Crippen molar-refractivity contribution in [2.45, 2.75) is 12.5 Å². The average Bonchev–Trinajstić information content (AvgIpc) is 2.77. The molecule has 3 nitrogen and oxygen atoms in total. The Bertz CT molecular complexity index is 715. The molecule has 3 aromatic rings. The Morgan fingerprint density at radius 2 is 2.11 bits per heavy atom. The van der Waals surface area contributed by atoms with Gasteiger partial charge in [0.25, 0.3) is 0 Å². The second-order valence-electron chi connectivity index (χ2n) is 4.33. The van der Waals surface area contributed by atoms with Crippen LogP contribution in [0.2, 0.25) is 0 Å². The highest BCUT2D eigenvalue weighted by atomic mass is 16.3. The van der Waals surface area contributed by atoms with Gasteiger partial charge in [0.05, 0.1) is 11.2 Å². The van der Waals surface area contributed by atoms with E-state index in [0.29, 0.717) is 12.1 Å². The van der Waals surface area contributed by atoms with E-state index in [0.717, 1.165) is 21.8 Å². The topological polar surface area (TPSA) is 48.9 Å². The van der Waals surface area contributed by atoms with Crippen molar-refractivity contribution in [3.05, 3.63) is 54.9 Å². The highest BCUT2D eigenvalue weighted by Crippen LogP contribution is 2.29. The van der Waals surface area contributed by atoms with Gasteiger partial charge in [-0.25, -0.2) is 0 Å². The highest BCUT2D eigenvalue weighted by molar-refractivity contribution is 6.07. The van der Waals surface area contributed by atoms with Crippen LogP contribution in [0.15, 0.2) is 49.2 Å². The molecule has 90 valence electrons. The summed E-state index contributed by atoms with van der Waals surface area (Å²) in [4.78, 5) is 7.62. The van der Waals surface area contributed by atoms with Gasteiger partial charge in [0.2, 0.25) is 0 Å². The van der Waals surface area contributed by atoms with Crippen molar-refractivity contribution in [2.75, 3.05) is 0 Å². The minimum Gasteiger partial charge on any atom is -0.386 e. The lowest BCUT2D eigenvalue weighted by atomic mass is 10.1. The second-order valence-corrected chi connectivity index (χ2v) is 4.33. The minimum absolute atomic E-state index is 0.501. The van der Waals surface area contributed by atoms with Crippen LogP contribution in [0, 0.1) is 0 Å². The van der Waals surface area contributed by atoms with Crippen LogP contribution in [0.1, 0.15) is 18.2 Å². The van der Waals surface area contributed by atoms with Gasteiger partial charge in [-0.05, 0) is 18.6 Å². The predicted molar refractivity (Wildman–Crippen MR) is 73.4 cm³/mol. The van der Waals surface area contributed by atoms with E-state index in [-0.39, 0.29) is 0 Å². The Labute approximate surface area is 105 Å². The molecule has 2 aromatic heterocycles. The molecule has 3 rings (SSSR count). The molecule has 0 saturated carbocycles. The number of hydrogen-bond donors (Lipinski definition) is 2. The molecule has 0 fully saturated rings. The van der Waals surface area contributed by atoms with E-state index in [1.807, 2.05) is 24.3 Å². The molecule has 1 unspecified atom stereocenters. The van der Waals surface area contributed by atoms with E-state index in [1.54, 1.807) is 12.3 Å². The largest absolute Gasteiger partial charge is 0.386 e. The first-order valence-corrected chi connectivity index (χ1v) is 5.95. The van der Waals surface area contributed by atoms with Gasteiger partial charge in [0.1, 0.15) is 6.10 Å². The third-order valence-corrected chi connectivity index (χ3v) is 3.16. The van der Waals surface area contributed by atoms with Gasteiger partial charge in [-0.1, -0.05) is 24.3 Å². The van der Waals surface area contributed by atoms with Crippen molar-refractivity contribution >= 4 is 21.8 Å². The fourth-order valence-electron chi connectivity index (χ4n) is 2.32. The first kappa shape index (κ1) is 11.0. The fraction of sp³-hybridized carbons (Fsp3) is 0.133. The van der Waals surface area contributed by atoms with Crippen LogP contribution in [-0.4, -0.2) is 15.1 Å². The number of aromatic amines is 1. The molecular formula is C15H14N2O. The number of rotatable bonds is 3. The number of benzene rings is 1. The van der Waals surface area contributed by atoms with Crippen LogP contribution in [0.4, 0.5) is 0 Å². The molecule has 3 heteroatoms. The summed E-state index contributed by atoms with van der Waals surface area (Å²) in [5, 5.41) is 12.3. The van der Waals surface area contributed by atoms with Crippen LogP contribution >= 0.6 is 0 Å². The SMILES string of the molecule is C=CCC(O)c1nccc2c1[nH]c1ccccc12. The van der Waals surface area contributed by atoms with Crippen molar-refractivity contribution in [1.29, 1.82) is 0 Å². The number of aromatic nitrogens is 2. The first-order valence-electron chi connectivity index (χ1n) is 5.95. The number of fused-ring (bicyclic) bond motifs is 3. The van der Waals surface area contributed by atoms with Gasteiger partial charge in [0, 0.05) is 22.5 Å². The lowest BCUT2D eigenvalue weighted by molar-refractivity contribution is 0.178. The zero-order chi connectivity index (χ0) is 12.5. The van der Waals surface area contributed by atoms with E-state index in [9.17, 15) is 5.11 Å². The summed E-state index contributed by atoms with van der Waals surface area (Å²) in [7, 11) is 0. The molecule has 2 heterocycles. The molecule has 0 amide bonds. The Balaban J connectivity index is 2.30. The lowest BCUT2D eigenvalue weighted by Crippen LogP contribution is -1.99. The molecule has 18 heavy (non-hydrogen) atoms. The van der Waals surface area contributed by atoms with Gasteiger partial charge >= 0.3 is 0 Å². The third-order valence-electron chi connectivity index (χ3n) is 3.16. The molecule has 1 aromatic carbocycles. The van der Waals surface area contributed by atoms with Gasteiger partial charge < -0.3 is 10.1 Å². The molecule has 0 bridgehead atoms. The predicted octanol–water partition coefficient (Wildman–Crippen LogP) is 3.33. The van der Waals surface area contributed by atoms with Gasteiger partial charge in [0.15, 0.2) is 0 Å². The average molecular weight is 238 g/mol. The van der Waals surface area contributed by atoms with Gasteiger partial charge in [-0.15, -0.1) is 6.58 Å². The summed E-state index contributed by atoms with van der Waals surface area (Å²) in [5.41, 5.74) is 2.66. The Hall–Kier alpha value is -2.13. The summed E-state index contributed by atoms with van der Waals surface area (Å²) in [6.07, 6.45) is 3.33. The van der Waals surface area contributed by atoms with Crippen molar-refractivity contribution in [3.63, 3.8) is 0 Å². The number of aliphatic hydroxyl groups is 1. The maximum atomic E-state index is 10.1. The maximum absolute atomic E-state index is 10.1. The zero-order valence-corrected chi connectivity index (χ0v) is 9.93. The summed E-state index contributed by atoms with van der Waals surface area (Å²) < 4.78 is 0. The molecular weight excluding hydrogens is 224 g/mol. The molecule has 1 atom stereocenters. The zero-order valence-electron chi connectivity index (χ0n) is 9.93. The molecule has 0 spiro atoms. The van der Waals surface area contributed by atoms with E-state index >= 15 is 0 Å². The summed E-state index contributed by atoms with van der Waals surface area (Å²) in [6.45, 7) is 3.65. The molecule has 0 radical (unpaired) electrons. The Morgan fingerprint density at radius 1 is 1.28 bits per heavy atom. The summed E-state index contributed by atoms with van der Waals surface area (Å²) in [5.74, 6) is 0. The summed E-state index contributed by atoms with van der Waals surface area (Å²) in [6, 6.07) is 10.1. The van der Waals surface area contributed by atoms with E-state index in [4.69, 9.17) is 0 Å². The number of aliphatic hydroxyl groups excluding tert-OH is 1. The summed E-state index contributed by atoms with van der Waals surface area (Å²) >= 11 is 0. The van der Waals surface area contributed by atoms with Crippen LogP contribution in [0.25, 0.3) is 21.8 Å². The molecule has 0 aliphatic rings. The first-order chi connectivity index (χ1) is 8.81. The van der Waals surface area contributed by atoms with E-state index in [1.165, 1.54) is 0 Å². The maximum Gasteiger partial charge on any atom is 0.101 e. The number of hydrogen-bond acceptors (Lipinski definition) is 2. The van der Waals surface area contributed by atoms with E-state index < -0.39 is 6.10 Å². The van der Waals surface area contributed by atoms with E-state index in [2.05, 4.69) is 22.6 Å². The number of para-hydroxylation sites is 1. The number of nitrogens with one attached hydrogen (secondary N) is 1. The van der Waals surface area contributed by atoms with Crippen LogP contribution in [0.5, 0.6) is 0 Å². The number of H-pyrrole nitrogens is 1. The van der Waals surface area contributed by atoms with Crippen LogP contribution in [0.3, 0.4) is 0 Å². The van der Waals surface area contributed by atoms with Gasteiger partial charge in [-0.2, -0.15) is 0 Å². The second kappa shape index (κ2) is 4.27. The quantitative estimate of drug-likeness (QED) is 0.688.